The van der Waals surface area contributed by atoms with Crippen LogP contribution in [0, 0.1) is 6.92 Å². The molecule has 0 saturated carbocycles. The van der Waals surface area contributed by atoms with Crippen LogP contribution in [0.2, 0.25) is 0 Å². The number of aryl methyl sites for hydroxylation is 1. The lowest BCUT2D eigenvalue weighted by Gasteiger charge is -2.27. The fraction of sp³-hybridized carbons (Fsp3) is 0.500. The van der Waals surface area contributed by atoms with Gasteiger partial charge in [0.1, 0.15) is 0 Å². The van der Waals surface area contributed by atoms with Crippen LogP contribution in [0.4, 0.5) is 0 Å². The Kier molecular flexibility index (Phi) is 5.43. The lowest BCUT2D eigenvalue weighted by molar-refractivity contribution is 0.359. The molecule has 0 fully saturated rings. The molecule has 0 N–H and O–H groups in total. The van der Waals surface area contributed by atoms with Gasteiger partial charge in [-0.1, -0.05) is 43.7 Å². The molecule has 1 nitrogen and oxygen atoms in total. The summed E-state index contributed by atoms with van der Waals surface area (Å²) in [7, 11) is 2.19. The average Bonchev–Trinajstić information content (AvgIpc) is 2.33. The number of rotatable bonds is 1. The minimum atomic E-state index is 1.11. The van der Waals surface area contributed by atoms with Gasteiger partial charge in [0.15, 0.2) is 0 Å². The SMILES string of the molecule is CC.CC1=C(c2ccccc2C)CCN(C)C1. The number of hydrogen-bond acceptors (Lipinski definition) is 1. The number of nitrogens with zero attached hydrogens (tertiary/aromatic N) is 1. The van der Waals surface area contributed by atoms with Crippen molar-refractivity contribution < 1.29 is 0 Å². The molecule has 17 heavy (non-hydrogen) atoms. The van der Waals surface area contributed by atoms with Crippen LogP contribution in [0.15, 0.2) is 29.8 Å². The normalized spacial score (nSPS) is 16.5. The van der Waals surface area contributed by atoms with Crippen molar-refractivity contribution in [2.75, 3.05) is 20.1 Å². The quantitative estimate of drug-likeness (QED) is 0.702. The summed E-state index contributed by atoms with van der Waals surface area (Å²) >= 11 is 0. The van der Waals surface area contributed by atoms with Crippen molar-refractivity contribution in [2.45, 2.75) is 34.1 Å². The molecule has 0 radical (unpaired) electrons. The van der Waals surface area contributed by atoms with Gasteiger partial charge in [-0.05, 0) is 44.0 Å². The van der Waals surface area contributed by atoms with Gasteiger partial charge >= 0.3 is 0 Å². The zero-order valence-electron chi connectivity index (χ0n) is 11.9. The van der Waals surface area contributed by atoms with Crippen molar-refractivity contribution in [3.8, 4) is 0 Å². The minimum Gasteiger partial charge on any atom is -0.302 e. The minimum absolute atomic E-state index is 1.11. The Hall–Kier alpha value is -1.08. The molecule has 0 unspecified atom stereocenters. The van der Waals surface area contributed by atoms with Crippen molar-refractivity contribution in [1.82, 2.24) is 4.90 Å². The van der Waals surface area contributed by atoms with Crippen molar-refractivity contribution >= 4 is 5.57 Å². The van der Waals surface area contributed by atoms with Gasteiger partial charge in [0.2, 0.25) is 0 Å². The summed E-state index contributed by atoms with van der Waals surface area (Å²) in [5.74, 6) is 0. The number of likely N-dealkylation sites (N-methyl/N-ethyl adjacent to an activating group) is 1. The van der Waals surface area contributed by atoms with Crippen molar-refractivity contribution in [3.63, 3.8) is 0 Å². The zero-order valence-corrected chi connectivity index (χ0v) is 11.9. The van der Waals surface area contributed by atoms with Crippen LogP contribution in [0.5, 0.6) is 0 Å². The van der Waals surface area contributed by atoms with E-state index in [4.69, 9.17) is 0 Å². The molecule has 0 aromatic heterocycles. The van der Waals surface area contributed by atoms with Gasteiger partial charge in [-0.15, -0.1) is 0 Å². The molecular formula is C16H25N. The first-order chi connectivity index (χ1) is 8.18. The van der Waals surface area contributed by atoms with Gasteiger partial charge < -0.3 is 4.90 Å². The Balaban J connectivity index is 0.000000686. The fourth-order valence-electron chi connectivity index (χ4n) is 2.37. The van der Waals surface area contributed by atoms with Crippen molar-refractivity contribution in [3.05, 3.63) is 41.0 Å². The number of hydrogen-bond donors (Lipinski definition) is 0. The largest absolute Gasteiger partial charge is 0.302 e. The second-order valence-corrected chi connectivity index (χ2v) is 4.56. The highest BCUT2D eigenvalue weighted by Crippen LogP contribution is 2.28. The van der Waals surface area contributed by atoms with Crippen molar-refractivity contribution in [1.29, 1.82) is 0 Å². The molecule has 94 valence electrons. The molecule has 0 spiro atoms. The first-order valence-corrected chi connectivity index (χ1v) is 6.61. The highest BCUT2D eigenvalue weighted by Gasteiger charge is 2.15. The standard InChI is InChI=1S/C14H19N.C2H6/c1-11-6-4-5-7-13(11)14-8-9-15(3)10-12(14)2;1-2/h4-7H,8-10H2,1-3H3;1-2H3. The Morgan fingerprint density at radius 1 is 1.06 bits per heavy atom. The third-order valence-corrected chi connectivity index (χ3v) is 3.24. The van der Waals surface area contributed by atoms with E-state index in [0.717, 1.165) is 6.54 Å². The average molecular weight is 231 g/mol. The van der Waals surface area contributed by atoms with E-state index in [0.29, 0.717) is 0 Å². The van der Waals surface area contributed by atoms with Crippen LogP contribution < -0.4 is 0 Å². The lowest BCUT2D eigenvalue weighted by Crippen LogP contribution is -2.26. The first-order valence-electron chi connectivity index (χ1n) is 6.61. The van der Waals surface area contributed by atoms with Crippen LogP contribution in [0.1, 0.15) is 38.3 Å². The van der Waals surface area contributed by atoms with E-state index >= 15 is 0 Å². The summed E-state index contributed by atoms with van der Waals surface area (Å²) in [5.41, 5.74) is 5.93. The summed E-state index contributed by atoms with van der Waals surface area (Å²) in [5, 5.41) is 0. The van der Waals surface area contributed by atoms with Crippen LogP contribution in [0.3, 0.4) is 0 Å². The molecule has 1 aromatic carbocycles. The van der Waals surface area contributed by atoms with Crippen LogP contribution in [0.25, 0.3) is 5.57 Å². The first kappa shape index (κ1) is 14.0. The lowest BCUT2D eigenvalue weighted by atomic mass is 9.92. The molecule has 0 bridgehead atoms. The van der Waals surface area contributed by atoms with E-state index in [1.54, 1.807) is 5.57 Å². The van der Waals surface area contributed by atoms with Crippen LogP contribution >= 0.6 is 0 Å². The van der Waals surface area contributed by atoms with Crippen molar-refractivity contribution in [2.24, 2.45) is 0 Å². The fourth-order valence-corrected chi connectivity index (χ4v) is 2.37. The summed E-state index contributed by atoms with van der Waals surface area (Å²) in [6, 6.07) is 8.71. The van der Waals surface area contributed by atoms with Gasteiger partial charge in [0, 0.05) is 13.1 Å². The Bertz CT molecular complexity index is 390. The van der Waals surface area contributed by atoms with Gasteiger partial charge in [0.05, 0.1) is 0 Å². The Morgan fingerprint density at radius 3 is 2.29 bits per heavy atom. The van der Waals surface area contributed by atoms with E-state index in [-0.39, 0.29) is 0 Å². The zero-order chi connectivity index (χ0) is 12.8. The second-order valence-electron chi connectivity index (χ2n) is 4.56. The van der Waals surface area contributed by atoms with Gasteiger partial charge in [-0.2, -0.15) is 0 Å². The highest BCUT2D eigenvalue weighted by atomic mass is 15.1. The molecule has 1 heterocycles. The molecule has 1 aliphatic rings. The summed E-state index contributed by atoms with van der Waals surface area (Å²) < 4.78 is 0. The second kappa shape index (κ2) is 6.61. The van der Waals surface area contributed by atoms with E-state index < -0.39 is 0 Å². The molecular weight excluding hydrogens is 206 g/mol. The van der Waals surface area contributed by atoms with Gasteiger partial charge in [0.25, 0.3) is 0 Å². The molecule has 0 aliphatic carbocycles. The highest BCUT2D eigenvalue weighted by molar-refractivity contribution is 5.71. The summed E-state index contributed by atoms with van der Waals surface area (Å²) in [6.45, 7) is 10.8. The summed E-state index contributed by atoms with van der Waals surface area (Å²) in [4.78, 5) is 2.39. The maximum absolute atomic E-state index is 2.39. The van der Waals surface area contributed by atoms with E-state index in [2.05, 4.69) is 50.1 Å². The van der Waals surface area contributed by atoms with Gasteiger partial charge in [-0.25, -0.2) is 0 Å². The predicted molar refractivity (Wildman–Crippen MR) is 77.2 cm³/mol. The topological polar surface area (TPSA) is 3.24 Å². The molecule has 2 rings (SSSR count). The molecule has 1 aromatic rings. The van der Waals surface area contributed by atoms with E-state index in [9.17, 15) is 0 Å². The Labute approximate surface area is 106 Å². The van der Waals surface area contributed by atoms with Gasteiger partial charge in [-0.3, -0.25) is 0 Å². The monoisotopic (exact) mass is 231 g/mol. The van der Waals surface area contributed by atoms with E-state index in [1.165, 1.54) is 29.7 Å². The van der Waals surface area contributed by atoms with Crippen LogP contribution in [-0.2, 0) is 0 Å². The number of benzene rings is 1. The molecule has 1 heteroatoms. The molecule has 0 saturated heterocycles. The van der Waals surface area contributed by atoms with E-state index in [1.807, 2.05) is 13.8 Å². The Morgan fingerprint density at radius 2 is 1.71 bits per heavy atom. The smallest absolute Gasteiger partial charge is 0.0193 e. The molecule has 1 aliphatic heterocycles. The third-order valence-electron chi connectivity index (χ3n) is 3.24. The maximum atomic E-state index is 2.39. The molecule has 0 amide bonds. The third kappa shape index (κ3) is 3.44. The predicted octanol–water partition coefficient (Wildman–Crippen LogP) is 4.13. The maximum Gasteiger partial charge on any atom is 0.0193 e. The summed E-state index contributed by atoms with van der Waals surface area (Å²) in [6.07, 6.45) is 1.19. The molecule has 0 atom stereocenters. The van der Waals surface area contributed by atoms with Crippen LogP contribution in [-0.4, -0.2) is 25.0 Å².